The molecule has 134 valence electrons. The van der Waals surface area contributed by atoms with Crippen molar-refractivity contribution >= 4 is 33.0 Å². The molecule has 0 radical (unpaired) electrons. The van der Waals surface area contributed by atoms with Gasteiger partial charge in [0.15, 0.2) is 0 Å². The summed E-state index contributed by atoms with van der Waals surface area (Å²) in [6.45, 7) is 0.455. The Bertz CT molecular complexity index is 1030. The number of aromatic nitrogens is 2. The Hall–Kier alpha value is -2.91. The van der Waals surface area contributed by atoms with E-state index >= 15 is 0 Å². The van der Waals surface area contributed by atoms with Crippen LogP contribution in [0.5, 0.6) is 0 Å². The third-order valence-corrected chi connectivity index (χ3v) is 5.15. The highest BCUT2D eigenvalue weighted by Gasteiger charge is 2.16. The fourth-order valence-electron chi connectivity index (χ4n) is 2.24. The van der Waals surface area contributed by atoms with Crippen molar-refractivity contribution in [1.29, 1.82) is 0 Å². The van der Waals surface area contributed by atoms with Crippen LogP contribution < -0.4 is 4.72 Å². The Labute approximate surface area is 154 Å². The molecule has 0 unspecified atom stereocenters. The Kier molecular flexibility index (Phi) is 4.92. The summed E-state index contributed by atoms with van der Waals surface area (Å²) in [6.07, 6.45) is 2.94. The summed E-state index contributed by atoms with van der Waals surface area (Å²) in [4.78, 5) is 9.98. The van der Waals surface area contributed by atoms with Crippen molar-refractivity contribution in [2.24, 2.45) is 0 Å². The van der Waals surface area contributed by atoms with Gasteiger partial charge in [-0.15, -0.1) is 0 Å². The maximum Gasteiger partial charge on any atom is 0.269 e. The van der Waals surface area contributed by atoms with E-state index in [4.69, 9.17) is 11.6 Å². The molecule has 0 fully saturated rings. The number of benzene rings is 2. The number of sulfonamides is 1. The lowest BCUT2D eigenvalue weighted by atomic mass is 10.2. The van der Waals surface area contributed by atoms with Gasteiger partial charge in [0.25, 0.3) is 15.7 Å². The normalized spacial score (nSPS) is 11.3. The summed E-state index contributed by atoms with van der Waals surface area (Å²) in [5, 5.41) is 15.4. The minimum absolute atomic E-state index is 0.0754. The number of nitrogens with one attached hydrogen (secondary N) is 1. The van der Waals surface area contributed by atoms with Crippen LogP contribution in [0.4, 0.5) is 11.4 Å². The van der Waals surface area contributed by atoms with Gasteiger partial charge in [-0.25, -0.2) is 8.42 Å². The highest BCUT2D eigenvalue weighted by molar-refractivity contribution is 7.92. The number of rotatable bonds is 6. The minimum Gasteiger partial charge on any atom is -0.276 e. The van der Waals surface area contributed by atoms with Crippen molar-refractivity contribution in [3.8, 4) is 0 Å². The molecule has 0 saturated carbocycles. The fraction of sp³-hybridized carbons (Fsp3) is 0.0625. The van der Waals surface area contributed by atoms with Gasteiger partial charge in [0.05, 0.1) is 28.2 Å². The standard InChI is InChI=1S/C16H13ClN4O4S/c17-13-3-1-12(2-4-13)10-20-11-14(9-18-20)19-26(24,25)16-7-5-15(6-8-16)21(22)23/h1-9,11,19H,10H2. The van der Waals surface area contributed by atoms with Gasteiger partial charge >= 0.3 is 0 Å². The summed E-state index contributed by atoms with van der Waals surface area (Å²) >= 11 is 5.84. The van der Waals surface area contributed by atoms with Crippen molar-refractivity contribution in [2.75, 3.05) is 4.72 Å². The molecule has 0 amide bonds. The van der Waals surface area contributed by atoms with E-state index < -0.39 is 14.9 Å². The van der Waals surface area contributed by atoms with Gasteiger partial charge in [-0.1, -0.05) is 23.7 Å². The number of anilines is 1. The van der Waals surface area contributed by atoms with Crippen LogP contribution in [0.1, 0.15) is 5.56 Å². The SMILES string of the molecule is O=[N+]([O-])c1ccc(S(=O)(=O)Nc2cnn(Cc3ccc(Cl)cc3)c2)cc1. The van der Waals surface area contributed by atoms with Gasteiger partial charge in [0.2, 0.25) is 0 Å². The first-order valence-corrected chi connectivity index (χ1v) is 9.24. The van der Waals surface area contributed by atoms with Crippen molar-refractivity contribution < 1.29 is 13.3 Å². The molecule has 26 heavy (non-hydrogen) atoms. The molecule has 0 atom stereocenters. The van der Waals surface area contributed by atoms with E-state index in [1.807, 2.05) is 12.1 Å². The van der Waals surface area contributed by atoms with Gasteiger partial charge < -0.3 is 0 Å². The molecule has 2 aromatic carbocycles. The summed E-state index contributed by atoms with van der Waals surface area (Å²) < 4.78 is 28.7. The second-order valence-electron chi connectivity index (χ2n) is 5.41. The second kappa shape index (κ2) is 7.14. The maximum absolute atomic E-state index is 12.4. The Morgan fingerprint density at radius 2 is 1.77 bits per heavy atom. The summed E-state index contributed by atoms with van der Waals surface area (Å²) in [5.74, 6) is 0. The summed E-state index contributed by atoms with van der Waals surface area (Å²) in [5.41, 5.74) is 1.07. The first-order valence-electron chi connectivity index (χ1n) is 7.38. The van der Waals surface area contributed by atoms with Gasteiger partial charge in [0.1, 0.15) is 0 Å². The Balaban J connectivity index is 1.73. The smallest absolute Gasteiger partial charge is 0.269 e. The zero-order valence-corrected chi connectivity index (χ0v) is 14.8. The van der Waals surface area contributed by atoms with Gasteiger partial charge in [0, 0.05) is 23.4 Å². The van der Waals surface area contributed by atoms with Gasteiger partial charge in [-0.2, -0.15) is 5.10 Å². The number of nitro benzene ring substituents is 1. The molecule has 0 aliphatic carbocycles. The first-order chi connectivity index (χ1) is 12.3. The number of hydrogen-bond donors (Lipinski definition) is 1. The average Bonchev–Trinajstić information content (AvgIpc) is 3.03. The van der Waals surface area contributed by atoms with E-state index in [0.717, 1.165) is 17.7 Å². The van der Waals surface area contributed by atoms with Crippen LogP contribution in [-0.2, 0) is 16.6 Å². The maximum atomic E-state index is 12.4. The third-order valence-electron chi connectivity index (χ3n) is 3.50. The molecular formula is C16H13ClN4O4S. The molecule has 10 heteroatoms. The number of halogens is 1. The number of nitro groups is 1. The zero-order chi connectivity index (χ0) is 18.7. The van der Waals surface area contributed by atoms with Gasteiger partial charge in [-0.05, 0) is 29.8 Å². The zero-order valence-electron chi connectivity index (χ0n) is 13.2. The predicted octanol–water partition coefficient (Wildman–Crippen LogP) is 3.29. The van der Waals surface area contributed by atoms with E-state index in [1.165, 1.54) is 18.3 Å². The average molecular weight is 393 g/mol. The summed E-state index contributed by atoms with van der Waals surface area (Å²) in [7, 11) is -3.86. The quantitative estimate of drug-likeness (QED) is 0.511. The molecular weight excluding hydrogens is 380 g/mol. The van der Waals surface area contributed by atoms with Crippen LogP contribution in [0.3, 0.4) is 0 Å². The first kappa shape index (κ1) is 17.9. The lowest BCUT2D eigenvalue weighted by Crippen LogP contribution is -2.12. The lowest BCUT2D eigenvalue weighted by molar-refractivity contribution is -0.384. The molecule has 1 N–H and O–H groups in total. The number of nitrogens with zero attached hydrogens (tertiary/aromatic N) is 3. The minimum atomic E-state index is -3.86. The predicted molar refractivity (Wildman–Crippen MR) is 96.7 cm³/mol. The second-order valence-corrected chi connectivity index (χ2v) is 7.53. The van der Waals surface area contributed by atoms with E-state index in [-0.39, 0.29) is 16.3 Å². The van der Waals surface area contributed by atoms with Crippen LogP contribution >= 0.6 is 11.6 Å². The molecule has 3 aromatic rings. The van der Waals surface area contributed by atoms with E-state index in [1.54, 1.807) is 23.0 Å². The fourth-order valence-corrected chi connectivity index (χ4v) is 3.39. The monoisotopic (exact) mass is 392 g/mol. The molecule has 0 spiro atoms. The lowest BCUT2D eigenvalue weighted by Gasteiger charge is -2.05. The third kappa shape index (κ3) is 4.19. The van der Waals surface area contributed by atoms with Crippen LogP contribution in [0.2, 0.25) is 5.02 Å². The van der Waals surface area contributed by atoms with Crippen molar-refractivity contribution in [1.82, 2.24) is 9.78 Å². The van der Waals surface area contributed by atoms with Crippen LogP contribution in [-0.4, -0.2) is 23.1 Å². The molecule has 0 aliphatic rings. The van der Waals surface area contributed by atoms with E-state index in [2.05, 4.69) is 9.82 Å². The topological polar surface area (TPSA) is 107 Å². The van der Waals surface area contributed by atoms with Gasteiger partial charge in [-0.3, -0.25) is 19.5 Å². The molecule has 0 aliphatic heterocycles. The van der Waals surface area contributed by atoms with Crippen molar-refractivity contribution in [2.45, 2.75) is 11.4 Å². The Morgan fingerprint density at radius 3 is 2.38 bits per heavy atom. The highest BCUT2D eigenvalue weighted by atomic mass is 35.5. The summed E-state index contributed by atoms with van der Waals surface area (Å²) in [6, 6.07) is 11.9. The van der Waals surface area contributed by atoms with E-state index in [0.29, 0.717) is 11.6 Å². The largest absolute Gasteiger partial charge is 0.276 e. The Morgan fingerprint density at radius 1 is 1.12 bits per heavy atom. The molecule has 3 rings (SSSR count). The molecule has 8 nitrogen and oxygen atoms in total. The number of non-ortho nitro benzene ring substituents is 1. The van der Waals surface area contributed by atoms with Crippen molar-refractivity contribution in [3.63, 3.8) is 0 Å². The molecule has 1 heterocycles. The van der Waals surface area contributed by atoms with Crippen LogP contribution in [0.15, 0.2) is 65.8 Å². The van der Waals surface area contributed by atoms with Crippen LogP contribution in [0, 0.1) is 10.1 Å². The van der Waals surface area contributed by atoms with Crippen LogP contribution in [0.25, 0.3) is 0 Å². The van der Waals surface area contributed by atoms with Crippen molar-refractivity contribution in [3.05, 3.63) is 81.6 Å². The van der Waals surface area contributed by atoms with E-state index in [9.17, 15) is 18.5 Å². The highest BCUT2D eigenvalue weighted by Crippen LogP contribution is 2.19. The molecule has 0 saturated heterocycles. The molecule has 1 aromatic heterocycles. The number of hydrogen-bond acceptors (Lipinski definition) is 5. The molecule has 0 bridgehead atoms.